The van der Waals surface area contributed by atoms with Crippen molar-refractivity contribution in [1.82, 2.24) is 5.32 Å². The Hall–Kier alpha value is -3.35. The van der Waals surface area contributed by atoms with Crippen LogP contribution in [0.4, 0.5) is 11.4 Å². The quantitative estimate of drug-likeness (QED) is 0.655. The van der Waals surface area contributed by atoms with E-state index in [1.54, 1.807) is 48.5 Å². The molecular weight excluding hydrogens is 358 g/mol. The predicted molar refractivity (Wildman–Crippen MR) is 106 cm³/mol. The maximum atomic E-state index is 12.5. The van der Waals surface area contributed by atoms with E-state index in [1.165, 1.54) is 0 Å². The molecule has 0 unspecified atom stereocenters. The summed E-state index contributed by atoms with van der Waals surface area (Å²) in [5, 5.41) is 8.28. The molecule has 0 aromatic heterocycles. The molecule has 0 bridgehead atoms. The molecule has 2 aromatic carbocycles. The van der Waals surface area contributed by atoms with Crippen molar-refractivity contribution < 1.29 is 19.1 Å². The molecule has 3 rings (SSSR count). The lowest BCUT2D eigenvalue weighted by molar-refractivity contribution is -0.123. The fraction of sp³-hybridized carbons (Fsp3) is 0.286. The minimum Gasteiger partial charge on any atom is -0.484 e. The molecule has 0 heterocycles. The van der Waals surface area contributed by atoms with Gasteiger partial charge in [0.05, 0.1) is 0 Å². The zero-order valence-electron chi connectivity index (χ0n) is 15.7. The Balaban J connectivity index is 1.55. The molecule has 7 heteroatoms. The van der Waals surface area contributed by atoms with Gasteiger partial charge in [0.15, 0.2) is 6.61 Å². The Morgan fingerprint density at radius 2 is 1.75 bits per heavy atom. The van der Waals surface area contributed by atoms with E-state index >= 15 is 0 Å². The van der Waals surface area contributed by atoms with Gasteiger partial charge in [-0.2, -0.15) is 0 Å². The van der Waals surface area contributed by atoms with Crippen LogP contribution in [0.15, 0.2) is 48.5 Å². The zero-order valence-corrected chi connectivity index (χ0v) is 15.7. The average Bonchev–Trinajstić information content (AvgIpc) is 3.53. The summed E-state index contributed by atoms with van der Waals surface area (Å²) in [4.78, 5) is 35.7. The molecule has 0 saturated heterocycles. The van der Waals surface area contributed by atoms with Crippen LogP contribution in [0.2, 0.25) is 0 Å². The second-order valence-corrected chi connectivity index (χ2v) is 6.57. The summed E-state index contributed by atoms with van der Waals surface area (Å²) >= 11 is 0. The van der Waals surface area contributed by atoms with Crippen molar-refractivity contribution in [2.24, 2.45) is 5.92 Å². The summed E-state index contributed by atoms with van der Waals surface area (Å²) in [6.45, 7) is 2.34. The second kappa shape index (κ2) is 9.03. The predicted octanol–water partition coefficient (Wildman–Crippen LogP) is 2.80. The molecule has 1 aliphatic carbocycles. The molecule has 1 saturated carbocycles. The summed E-state index contributed by atoms with van der Waals surface area (Å²) in [6.07, 6.45) is 1.85. The molecular formula is C21H23N3O4. The van der Waals surface area contributed by atoms with Crippen molar-refractivity contribution >= 4 is 29.1 Å². The number of likely N-dealkylation sites (N-methyl/N-ethyl adjacent to an activating group) is 1. The Bertz CT molecular complexity index is 860. The SMILES string of the molecule is CCNC(=O)COc1ccc(NC(=O)c2cccc(NC(=O)C3CC3)c2)cc1. The van der Waals surface area contributed by atoms with Crippen LogP contribution in [0, 0.1) is 5.92 Å². The maximum absolute atomic E-state index is 12.5. The molecule has 1 aliphatic rings. The molecule has 146 valence electrons. The van der Waals surface area contributed by atoms with Crippen LogP contribution in [0.1, 0.15) is 30.1 Å². The Kier molecular flexibility index (Phi) is 6.26. The third-order valence-electron chi connectivity index (χ3n) is 4.20. The van der Waals surface area contributed by atoms with Crippen LogP contribution in [-0.4, -0.2) is 30.9 Å². The number of ether oxygens (including phenoxy) is 1. The van der Waals surface area contributed by atoms with Crippen molar-refractivity contribution in [1.29, 1.82) is 0 Å². The van der Waals surface area contributed by atoms with Gasteiger partial charge in [-0.1, -0.05) is 6.07 Å². The third-order valence-corrected chi connectivity index (χ3v) is 4.20. The molecule has 1 fully saturated rings. The number of rotatable bonds is 8. The van der Waals surface area contributed by atoms with E-state index in [4.69, 9.17) is 4.74 Å². The fourth-order valence-corrected chi connectivity index (χ4v) is 2.56. The van der Waals surface area contributed by atoms with Crippen LogP contribution in [0.25, 0.3) is 0 Å². The van der Waals surface area contributed by atoms with E-state index in [9.17, 15) is 14.4 Å². The number of anilines is 2. The topological polar surface area (TPSA) is 96.5 Å². The Labute approximate surface area is 163 Å². The first-order chi connectivity index (χ1) is 13.5. The molecule has 7 nitrogen and oxygen atoms in total. The third kappa shape index (κ3) is 5.57. The van der Waals surface area contributed by atoms with Crippen molar-refractivity contribution in [3.63, 3.8) is 0 Å². The molecule has 28 heavy (non-hydrogen) atoms. The molecule has 0 aliphatic heterocycles. The summed E-state index contributed by atoms with van der Waals surface area (Å²) in [7, 11) is 0. The van der Waals surface area contributed by atoms with Crippen LogP contribution in [0.3, 0.4) is 0 Å². The lowest BCUT2D eigenvalue weighted by Crippen LogP contribution is -2.28. The van der Waals surface area contributed by atoms with Gasteiger partial charge in [-0.15, -0.1) is 0 Å². The Morgan fingerprint density at radius 1 is 1.00 bits per heavy atom. The number of amides is 3. The highest BCUT2D eigenvalue weighted by Gasteiger charge is 2.29. The van der Waals surface area contributed by atoms with Gasteiger partial charge in [-0.25, -0.2) is 0 Å². The first kappa shape index (κ1) is 19.4. The molecule has 0 radical (unpaired) electrons. The van der Waals surface area contributed by atoms with Gasteiger partial charge in [0, 0.05) is 29.4 Å². The smallest absolute Gasteiger partial charge is 0.257 e. The van der Waals surface area contributed by atoms with Crippen LogP contribution >= 0.6 is 0 Å². The van der Waals surface area contributed by atoms with Crippen molar-refractivity contribution in [3.05, 3.63) is 54.1 Å². The maximum Gasteiger partial charge on any atom is 0.257 e. The van der Waals surface area contributed by atoms with Crippen molar-refractivity contribution in [2.45, 2.75) is 19.8 Å². The number of nitrogens with one attached hydrogen (secondary N) is 3. The van der Waals surface area contributed by atoms with Crippen molar-refractivity contribution in [2.75, 3.05) is 23.8 Å². The highest BCUT2D eigenvalue weighted by molar-refractivity contribution is 6.05. The zero-order chi connectivity index (χ0) is 19.9. The minimum absolute atomic E-state index is 0.000709. The molecule has 3 N–H and O–H groups in total. The van der Waals surface area contributed by atoms with Gasteiger partial charge in [0.1, 0.15) is 5.75 Å². The van der Waals surface area contributed by atoms with Crippen LogP contribution < -0.4 is 20.7 Å². The van der Waals surface area contributed by atoms with Gasteiger partial charge >= 0.3 is 0 Å². The number of hydrogen-bond donors (Lipinski definition) is 3. The number of carbonyl (C=O) groups is 3. The summed E-state index contributed by atoms with van der Waals surface area (Å²) in [5.41, 5.74) is 1.66. The molecule has 0 atom stereocenters. The van der Waals surface area contributed by atoms with E-state index in [1.807, 2.05) is 6.92 Å². The number of hydrogen-bond acceptors (Lipinski definition) is 4. The van der Waals surface area contributed by atoms with E-state index in [2.05, 4.69) is 16.0 Å². The second-order valence-electron chi connectivity index (χ2n) is 6.57. The largest absolute Gasteiger partial charge is 0.484 e. The molecule has 2 aromatic rings. The monoisotopic (exact) mass is 381 g/mol. The lowest BCUT2D eigenvalue weighted by Gasteiger charge is -2.09. The average molecular weight is 381 g/mol. The summed E-state index contributed by atoms with van der Waals surface area (Å²) < 4.78 is 5.38. The summed E-state index contributed by atoms with van der Waals surface area (Å²) in [5.74, 6) is 0.174. The van der Waals surface area contributed by atoms with E-state index in [0.29, 0.717) is 29.2 Å². The first-order valence-electron chi connectivity index (χ1n) is 9.27. The molecule has 3 amide bonds. The molecule has 0 spiro atoms. The van der Waals surface area contributed by atoms with E-state index in [0.717, 1.165) is 12.8 Å². The number of carbonyl (C=O) groups excluding carboxylic acids is 3. The normalized spacial score (nSPS) is 12.8. The Morgan fingerprint density at radius 3 is 2.43 bits per heavy atom. The van der Waals surface area contributed by atoms with Crippen molar-refractivity contribution in [3.8, 4) is 5.75 Å². The van der Waals surface area contributed by atoms with Gasteiger partial charge in [0.25, 0.3) is 11.8 Å². The standard InChI is InChI=1S/C21H23N3O4/c1-2-22-19(25)13-28-18-10-8-16(9-11-18)23-21(27)15-4-3-5-17(12-15)24-20(26)14-6-7-14/h3-5,8-12,14H,2,6-7,13H2,1H3,(H,22,25)(H,23,27)(H,24,26). The van der Waals surface area contributed by atoms with Crippen LogP contribution in [-0.2, 0) is 9.59 Å². The van der Waals surface area contributed by atoms with Gasteiger partial charge < -0.3 is 20.7 Å². The first-order valence-corrected chi connectivity index (χ1v) is 9.27. The van der Waals surface area contributed by atoms with E-state index in [-0.39, 0.29) is 30.2 Å². The fourth-order valence-electron chi connectivity index (χ4n) is 2.56. The van der Waals surface area contributed by atoms with Gasteiger partial charge in [0.2, 0.25) is 5.91 Å². The highest BCUT2D eigenvalue weighted by atomic mass is 16.5. The van der Waals surface area contributed by atoms with Gasteiger partial charge in [-0.3, -0.25) is 14.4 Å². The number of benzene rings is 2. The van der Waals surface area contributed by atoms with Crippen LogP contribution in [0.5, 0.6) is 5.75 Å². The lowest BCUT2D eigenvalue weighted by atomic mass is 10.1. The highest BCUT2D eigenvalue weighted by Crippen LogP contribution is 2.30. The summed E-state index contributed by atoms with van der Waals surface area (Å²) in [6, 6.07) is 13.6. The van der Waals surface area contributed by atoms with E-state index < -0.39 is 0 Å². The minimum atomic E-state index is -0.279. The van der Waals surface area contributed by atoms with Gasteiger partial charge in [-0.05, 0) is 62.2 Å².